The van der Waals surface area contributed by atoms with Gasteiger partial charge in [-0.15, -0.1) is 0 Å². The van der Waals surface area contributed by atoms with Gasteiger partial charge in [-0.25, -0.2) is 13.1 Å². The zero-order valence-corrected chi connectivity index (χ0v) is 17.2. The van der Waals surface area contributed by atoms with E-state index in [0.717, 1.165) is 25.9 Å². The van der Waals surface area contributed by atoms with Gasteiger partial charge in [0.25, 0.3) is 0 Å². The molecule has 1 aromatic carbocycles. The number of halogens is 2. The fourth-order valence-corrected chi connectivity index (χ4v) is 4.30. The summed E-state index contributed by atoms with van der Waals surface area (Å²) in [6.45, 7) is 3.85. The van der Waals surface area contributed by atoms with Crippen LogP contribution in [0.1, 0.15) is 26.2 Å². The highest BCUT2D eigenvalue weighted by Crippen LogP contribution is 2.28. The summed E-state index contributed by atoms with van der Waals surface area (Å²) in [7, 11) is -3.29. The maximum absolute atomic E-state index is 11.6. The Morgan fingerprint density at radius 2 is 2.00 bits per heavy atom. The molecule has 0 spiro atoms. The lowest BCUT2D eigenvalue weighted by atomic mass is 10.1. The van der Waals surface area contributed by atoms with E-state index in [9.17, 15) is 13.5 Å². The molecule has 6 nitrogen and oxygen atoms in total. The molecule has 26 heavy (non-hydrogen) atoms. The van der Waals surface area contributed by atoms with Gasteiger partial charge in [-0.1, -0.05) is 30.1 Å². The molecular weight excluding hydrogens is 399 g/mol. The van der Waals surface area contributed by atoms with Crippen molar-refractivity contribution in [3.8, 4) is 5.75 Å². The van der Waals surface area contributed by atoms with Crippen molar-refractivity contribution in [3.63, 3.8) is 0 Å². The second-order valence-electron chi connectivity index (χ2n) is 6.51. The van der Waals surface area contributed by atoms with Gasteiger partial charge in [0.1, 0.15) is 11.9 Å². The first kappa shape index (κ1) is 21.7. The molecule has 1 aliphatic heterocycles. The fourth-order valence-electron chi connectivity index (χ4n) is 2.88. The van der Waals surface area contributed by atoms with Crippen LogP contribution in [0, 0.1) is 0 Å². The molecule has 148 valence electrons. The Morgan fingerprint density at radius 3 is 2.62 bits per heavy atom. The molecule has 1 aliphatic rings. The molecule has 0 aromatic heterocycles. The minimum Gasteiger partial charge on any atom is -0.490 e. The molecule has 1 fully saturated rings. The van der Waals surface area contributed by atoms with Crippen LogP contribution in [-0.4, -0.2) is 62.6 Å². The Bertz CT molecular complexity index is 679. The third kappa shape index (κ3) is 7.21. The Hall–Kier alpha value is -0.570. The molecule has 0 amide bonds. The highest BCUT2D eigenvalue weighted by molar-refractivity contribution is 7.89. The number of ether oxygens (including phenoxy) is 1. The van der Waals surface area contributed by atoms with Crippen LogP contribution in [0.5, 0.6) is 5.75 Å². The smallest absolute Gasteiger partial charge is 0.211 e. The highest BCUT2D eigenvalue weighted by Gasteiger charge is 2.23. The maximum Gasteiger partial charge on any atom is 0.211 e. The predicted octanol–water partition coefficient (Wildman–Crippen LogP) is 2.53. The number of piperidine rings is 1. The van der Waals surface area contributed by atoms with E-state index >= 15 is 0 Å². The van der Waals surface area contributed by atoms with E-state index < -0.39 is 16.1 Å². The summed E-state index contributed by atoms with van der Waals surface area (Å²) in [4.78, 5) is 2.12. The first-order valence-corrected chi connectivity index (χ1v) is 11.2. The van der Waals surface area contributed by atoms with Gasteiger partial charge in [0.2, 0.25) is 10.0 Å². The van der Waals surface area contributed by atoms with Crippen LogP contribution < -0.4 is 9.46 Å². The largest absolute Gasteiger partial charge is 0.490 e. The monoisotopic (exact) mass is 424 g/mol. The molecule has 0 bridgehead atoms. The molecule has 0 saturated carbocycles. The van der Waals surface area contributed by atoms with Crippen LogP contribution in [0.3, 0.4) is 0 Å². The number of hydrogen-bond donors (Lipinski definition) is 2. The first-order chi connectivity index (χ1) is 12.3. The van der Waals surface area contributed by atoms with E-state index in [0.29, 0.717) is 28.8 Å². The van der Waals surface area contributed by atoms with Crippen molar-refractivity contribution in [3.05, 3.63) is 28.2 Å². The van der Waals surface area contributed by atoms with Gasteiger partial charge < -0.3 is 14.7 Å². The minimum absolute atomic E-state index is 0.0437. The zero-order chi connectivity index (χ0) is 19.2. The number of rotatable bonds is 9. The number of aliphatic hydroxyl groups is 1. The van der Waals surface area contributed by atoms with Crippen molar-refractivity contribution in [1.82, 2.24) is 9.62 Å². The van der Waals surface area contributed by atoms with Crippen molar-refractivity contribution >= 4 is 33.2 Å². The second-order valence-corrected chi connectivity index (χ2v) is 9.26. The second kappa shape index (κ2) is 10.1. The van der Waals surface area contributed by atoms with Crippen LogP contribution >= 0.6 is 23.2 Å². The lowest BCUT2D eigenvalue weighted by molar-refractivity contribution is 0.0630. The van der Waals surface area contributed by atoms with Crippen LogP contribution in [0.25, 0.3) is 0 Å². The van der Waals surface area contributed by atoms with Gasteiger partial charge in [-0.3, -0.25) is 0 Å². The van der Waals surface area contributed by atoms with Crippen molar-refractivity contribution in [1.29, 1.82) is 0 Å². The Kier molecular flexibility index (Phi) is 8.44. The zero-order valence-electron chi connectivity index (χ0n) is 14.8. The van der Waals surface area contributed by atoms with Gasteiger partial charge in [0.15, 0.2) is 0 Å². The van der Waals surface area contributed by atoms with Crippen LogP contribution in [-0.2, 0) is 10.0 Å². The summed E-state index contributed by atoms with van der Waals surface area (Å²) < 4.78 is 31.6. The number of hydrogen-bond acceptors (Lipinski definition) is 5. The third-order valence-corrected chi connectivity index (χ3v) is 6.50. The molecular formula is C17H26Cl2N2O4S. The molecule has 1 aromatic rings. The fraction of sp³-hybridized carbons (Fsp3) is 0.647. The van der Waals surface area contributed by atoms with Crippen molar-refractivity contribution in [2.45, 2.75) is 38.4 Å². The Morgan fingerprint density at radius 1 is 1.31 bits per heavy atom. The van der Waals surface area contributed by atoms with E-state index in [1.165, 1.54) is 0 Å². The molecule has 1 saturated heterocycles. The lowest BCUT2D eigenvalue weighted by Crippen LogP contribution is -2.45. The van der Waals surface area contributed by atoms with E-state index in [4.69, 9.17) is 27.9 Å². The van der Waals surface area contributed by atoms with Crippen molar-refractivity contribution < 1.29 is 18.3 Å². The molecule has 0 radical (unpaired) electrons. The summed E-state index contributed by atoms with van der Waals surface area (Å²) in [5.41, 5.74) is 0. The van der Waals surface area contributed by atoms with Crippen LogP contribution in [0.4, 0.5) is 0 Å². The Balaban J connectivity index is 1.71. The van der Waals surface area contributed by atoms with E-state index in [-0.39, 0.29) is 18.4 Å². The standard InChI is InChI=1S/C17H26Cl2N2O4S/c1-2-9-26(23,24)20-11-13(22)12-21-7-5-14(6-8-21)25-15-3-4-16(18)17(19)10-15/h3-4,10,13-14,20,22H,2,5-9,11-12H2,1H3. The average molecular weight is 425 g/mol. The van der Waals surface area contributed by atoms with Gasteiger partial charge in [0, 0.05) is 32.2 Å². The summed E-state index contributed by atoms with van der Waals surface area (Å²) in [5.74, 6) is 0.778. The molecule has 0 aliphatic carbocycles. The molecule has 9 heteroatoms. The summed E-state index contributed by atoms with van der Waals surface area (Å²) in [6.07, 6.45) is 1.57. The summed E-state index contributed by atoms with van der Waals surface area (Å²) in [6, 6.07) is 5.22. The van der Waals surface area contributed by atoms with Gasteiger partial charge in [-0.05, 0) is 31.4 Å². The van der Waals surface area contributed by atoms with Crippen molar-refractivity contribution in [2.75, 3.05) is 31.9 Å². The average Bonchev–Trinajstić information content (AvgIpc) is 2.58. The molecule has 2 N–H and O–H groups in total. The summed E-state index contributed by atoms with van der Waals surface area (Å²) >= 11 is 11.9. The van der Waals surface area contributed by atoms with E-state index in [2.05, 4.69) is 9.62 Å². The van der Waals surface area contributed by atoms with Gasteiger partial charge in [0.05, 0.1) is 21.9 Å². The van der Waals surface area contributed by atoms with Gasteiger partial charge in [-0.2, -0.15) is 0 Å². The lowest BCUT2D eigenvalue weighted by Gasteiger charge is -2.33. The normalized spacial score (nSPS) is 18.0. The number of nitrogens with zero attached hydrogens (tertiary/aromatic N) is 1. The minimum atomic E-state index is -3.29. The SMILES string of the molecule is CCCS(=O)(=O)NCC(O)CN1CCC(Oc2ccc(Cl)c(Cl)c2)CC1. The van der Waals surface area contributed by atoms with Crippen molar-refractivity contribution in [2.24, 2.45) is 0 Å². The summed E-state index contributed by atoms with van der Waals surface area (Å²) in [5, 5.41) is 11.0. The molecule has 1 heterocycles. The van der Waals surface area contributed by atoms with Gasteiger partial charge >= 0.3 is 0 Å². The number of benzene rings is 1. The maximum atomic E-state index is 11.6. The molecule has 1 unspecified atom stereocenters. The molecule has 2 rings (SSSR count). The van der Waals surface area contributed by atoms with Crippen LogP contribution in [0.2, 0.25) is 10.0 Å². The highest BCUT2D eigenvalue weighted by atomic mass is 35.5. The van der Waals surface area contributed by atoms with E-state index in [1.807, 2.05) is 0 Å². The third-order valence-electron chi connectivity index (χ3n) is 4.21. The number of β-amino-alcohol motifs (C(OH)–C–C–N with tert-alkyl or cyclic N) is 1. The van der Waals surface area contributed by atoms with Crippen LogP contribution in [0.15, 0.2) is 18.2 Å². The molecule has 1 atom stereocenters. The number of nitrogens with one attached hydrogen (secondary N) is 1. The topological polar surface area (TPSA) is 78.9 Å². The quantitative estimate of drug-likeness (QED) is 0.636. The number of likely N-dealkylation sites (tertiary alicyclic amines) is 1. The Labute approximate surface area is 165 Å². The first-order valence-electron chi connectivity index (χ1n) is 8.78. The number of aliphatic hydroxyl groups excluding tert-OH is 1. The number of sulfonamides is 1. The predicted molar refractivity (Wildman–Crippen MR) is 105 cm³/mol. The van der Waals surface area contributed by atoms with E-state index in [1.54, 1.807) is 25.1 Å².